The predicted molar refractivity (Wildman–Crippen MR) is 80.3 cm³/mol. The summed E-state index contributed by atoms with van der Waals surface area (Å²) in [5.74, 6) is 0. The van der Waals surface area contributed by atoms with Crippen molar-refractivity contribution in [3.63, 3.8) is 0 Å². The molecule has 104 valence electrons. The first-order chi connectivity index (χ1) is 9.79. The summed E-state index contributed by atoms with van der Waals surface area (Å²) in [6.07, 6.45) is 7.53. The summed E-state index contributed by atoms with van der Waals surface area (Å²) >= 11 is 6.54. The van der Waals surface area contributed by atoms with E-state index in [0.717, 1.165) is 49.0 Å². The van der Waals surface area contributed by atoms with Gasteiger partial charge in [0.1, 0.15) is 5.52 Å². The smallest absolute Gasteiger partial charge is 0.100 e. The lowest BCUT2D eigenvalue weighted by atomic mass is 9.87. The van der Waals surface area contributed by atoms with Crippen LogP contribution in [0, 0.1) is 0 Å². The molecule has 0 aliphatic heterocycles. The molecule has 4 heteroatoms. The first-order valence-electron chi connectivity index (χ1n) is 7.63. The van der Waals surface area contributed by atoms with Crippen LogP contribution >= 0.6 is 11.6 Å². The molecule has 0 spiro atoms. The highest BCUT2D eigenvalue weighted by Gasteiger charge is 2.28. The minimum absolute atomic E-state index is 0.0335. The van der Waals surface area contributed by atoms with Crippen LogP contribution in [0.3, 0.4) is 0 Å². The van der Waals surface area contributed by atoms with E-state index >= 15 is 0 Å². The molecule has 0 N–H and O–H groups in total. The molecule has 2 aliphatic carbocycles. The van der Waals surface area contributed by atoms with Crippen molar-refractivity contribution < 1.29 is 0 Å². The molecule has 2 aromatic heterocycles. The molecule has 0 radical (unpaired) electrons. The third-order valence-electron chi connectivity index (χ3n) is 4.67. The van der Waals surface area contributed by atoms with Gasteiger partial charge in [0.25, 0.3) is 0 Å². The van der Waals surface area contributed by atoms with Gasteiger partial charge in [-0.15, -0.1) is 16.7 Å². The Morgan fingerprint density at radius 3 is 2.80 bits per heavy atom. The Morgan fingerprint density at radius 1 is 1.10 bits per heavy atom. The fourth-order valence-electron chi connectivity index (χ4n) is 3.65. The van der Waals surface area contributed by atoms with E-state index in [1.165, 1.54) is 35.0 Å². The summed E-state index contributed by atoms with van der Waals surface area (Å²) in [6.45, 7) is 2.14. The maximum atomic E-state index is 6.54. The minimum atomic E-state index is 0.0335. The molecule has 20 heavy (non-hydrogen) atoms. The summed E-state index contributed by atoms with van der Waals surface area (Å²) in [5.41, 5.74) is 7.17. The van der Waals surface area contributed by atoms with Crippen LogP contribution in [0.15, 0.2) is 0 Å². The number of fused-ring (bicyclic) bond motifs is 2. The van der Waals surface area contributed by atoms with E-state index in [2.05, 4.69) is 17.1 Å². The van der Waals surface area contributed by atoms with Crippen LogP contribution in [0.1, 0.15) is 59.8 Å². The maximum Gasteiger partial charge on any atom is 0.100 e. The van der Waals surface area contributed by atoms with Crippen molar-refractivity contribution in [3.05, 3.63) is 28.2 Å². The number of nitrogens with zero attached hydrogens (tertiary/aromatic N) is 3. The topological polar surface area (TPSA) is 38.7 Å². The van der Waals surface area contributed by atoms with Crippen LogP contribution in [-0.4, -0.2) is 15.2 Å². The molecule has 0 saturated carbocycles. The second kappa shape index (κ2) is 4.66. The van der Waals surface area contributed by atoms with E-state index in [1.54, 1.807) is 0 Å². The Balaban J connectivity index is 2.11. The summed E-state index contributed by atoms with van der Waals surface area (Å²) in [4.78, 5) is 4.93. The van der Waals surface area contributed by atoms with E-state index in [-0.39, 0.29) is 5.38 Å². The molecule has 3 nitrogen and oxygen atoms in total. The van der Waals surface area contributed by atoms with E-state index in [1.807, 2.05) is 0 Å². The molecule has 0 amide bonds. The molecular formula is C16H18ClN3. The minimum Gasteiger partial charge on any atom is -0.255 e. The predicted octanol–water partition coefficient (Wildman–Crippen LogP) is 3.69. The number of halogens is 1. The average molecular weight is 288 g/mol. The van der Waals surface area contributed by atoms with Gasteiger partial charge in [0.2, 0.25) is 0 Å². The lowest BCUT2D eigenvalue weighted by Gasteiger charge is -2.25. The van der Waals surface area contributed by atoms with Crippen LogP contribution in [0.2, 0.25) is 0 Å². The fourth-order valence-corrected chi connectivity index (χ4v) is 3.92. The SMILES string of the molecule is CCc1nnc2c3c(nc4c2c1CCC4Cl)CCCC3. The van der Waals surface area contributed by atoms with Crippen molar-refractivity contribution in [1.29, 1.82) is 0 Å². The first-order valence-corrected chi connectivity index (χ1v) is 8.07. The van der Waals surface area contributed by atoms with E-state index < -0.39 is 0 Å². The molecule has 1 atom stereocenters. The largest absolute Gasteiger partial charge is 0.255 e. The van der Waals surface area contributed by atoms with Crippen molar-refractivity contribution in [2.24, 2.45) is 0 Å². The van der Waals surface area contributed by atoms with Crippen molar-refractivity contribution in [2.75, 3.05) is 0 Å². The van der Waals surface area contributed by atoms with Gasteiger partial charge in [0.15, 0.2) is 0 Å². The number of aromatic nitrogens is 3. The highest BCUT2D eigenvalue weighted by Crippen LogP contribution is 2.40. The summed E-state index contributed by atoms with van der Waals surface area (Å²) in [7, 11) is 0. The van der Waals surface area contributed by atoms with Crippen LogP contribution in [0.4, 0.5) is 0 Å². The van der Waals surface area contributed by atoms with Gasteiger partial charge in [-0.2, -0.15) is 5.10 Å². The van der Waals surface area contributed by atoms with Gasteiger partial charge in [-0.1, -0.05) is 6.92 Å². The van der Waals surface area contributed by atoms with Gasteiger partial charge < -0.3 is 0 Å². The van der Waals surface area contributed by atoms with Crippen LogP contribution in [-0.2, 0) is 25.7 Å². The molecule has 0 aromatic carbocycles. The van der Waals surface area contributed by atoms with Crippen molar-refractivity contribution in [1.82, 2.24) is 15.2 Å². The fraction of sp³-hybridized carbons (Fsp3) is 0.562. The second-order valence-corrected chi connectivity index (χ2v) is 6.36. The van der Waals surface area contributed by atoms with Crippen LogP contribution in [0.5, 0.6) is 0 Å². The molecular weight excluding hydrogens is 270 g/mol. The molecule has 2 heterocycles. The Kier molecular flexibility index (Phi) is 2.92. The van der Waals surface area contributed by atoms with Gasteiger partial charge in [-0.05, 0) is 50.5 Å². The second-order valence-electron chi connectivity index (χ2n) is 5.84. The number of pyridine rings is 1. The van der Waals surface area contributed by atoms with Crippen molar-refractivity contribution >= 4 is 22.5 Å². The Labute approximate surface area is 123 Å². The number of alkyl halides is 1. The standard InChI is InChI=1S/C16H18ClN3/c1-2-12-9-7-8-11(17)16-14(9)15(20-19-12)10-5-3-4-6-13(10)18-16/h11H,2-8H2,1H3. The maximum absolute atomic E-state index is 6.54. The van der Waals surface area contributed by atoms with Gasteiger partial charge in [-0.25, -0.2) is 0 Å². The lowest BCUT2D eigenvalue weighted by molar-refractivity contribution is 0.655. The monoisotopic (exact) mass is 287 g/mol. The van der Waals surface area contributed by atoms with Crippen molar-refractivity contribution in [2.45, 2.75) is 57.2 Å². The third-order valence-corrected chi connectivity index (χ3v) is 5.10. The zero-order valence-electron chi connectivity index (χ0n) is 11.7. The summed E-state index contributed by atoms with van der Waals surface area (Å²) < 4.78 is 0. The Morgan fingerprint density at radius 2 is 1.95 bits per heavy atom. The zero-order chi connectivity index (χ0) is 13.7. The molecule has 0 bridgehead atoms. The van der Waals surface area contributed by atoms with E-state index in [4.69, 9.17) is 16.6 Å². The van der Waals surface area contributed by atoms with Crippen molar-refractivity contribution in [3.8, 4) is 0 Å². The average Bonchev–Trinajstić information content (AvgIpc) is 2.50. The van der Waals surface area contributed by atoms with Gasteiger partial charge in [-0.3, -0.25) is 4.98 Å². The molecule has 1 unspecified atom stereocenters. The molecule has 2 aromatic rings. The highest BCUT2D eigenvalue weighted by molar-refractivity contribution is 6.22. The van der Waals surface area contributed by atoms with E-state index in [0.29, 0.717) is 0 Å². The molecule has 0 saturated heterocycles. The lowest BCUT2D eigenvalue weighted by Crippen LogP contribution is -2.16. The Bertz CT molecular complexity index is 696. The highest BCUT2D eigenvalue weighted by atomic mass is 35.5. The van der Waals surface area contributed by atoms with Gasteiger partial charge in [0.05, 0.1) is 16.8 Å². The quantitative estimate of drug-likeness (QED) is 0.751. The number of rotatable bonds is 1. The van der Waals surface area contributed by atoms with Gasteiger partial charge in [0, 0.05) is 16.6 Å². The van der Waals surface area contributed by atoms with E-state index in [9.17, 15) is 0 Å². The van der Waals surface area contributed by atoms with Crippen LogP contribution in [0.25, 0.3) is 10.9 Å². The molecule has 0 fully saturated rings. The number of aryl methyl sites for hydroxylation is 4. The third kappa shape index (κ3) is 1.69. The number of hydrogen-bond acceptors (Lipinski definition) is 3. The summed E-state index contributed by atoms with van der Waals surface area (Å²) in [5, 5.41) is 10.3. The zero-order valence-corrected chi connectivity index (χ0v) is 12.5. The Hall–Kier alpha value is -1.22. The molecule has 4 rings (SSSR count). The van der Waals surface area contributed by atoms with Gasteiger partial charge >= 0.3 is 0 Å². The summed E-state index contributed by atoms with van der Waals surface area (Å²) in [6, 6.07) is 0. The normalized spacial score (nSPS) is 21.0. The molecule has 2 aliphatic rings. The first kappa shape index (κ1) is 12.5. The number of hydrogen-bond donors (Lipinski definition) is 0. The van der Waals surface area contributed by atoms with Crippen LogP contribution < -0.4 is 0 Å².